The van der Waals surface area contributed by atoms with Crippen LogP contribution in [0.5, 0.6) is 0 Å². The van der Waals surface area contributed by atoms with Crippen LogP contribution in [0, 0.1) is 0 Å². The largest absolute Gasteiger partial charge is 0.478 e. The number of carbonyl (C=O) groups is 1. The minimum absolute atomic E-state index is 0.00301. The molecule has 1 aromatic heterocycles. The molecule has 0 radical (unpaired) electrons. The van der Waals surface area contributed by atoms with Gasteiger partial charge in [-0.3, -0.25) is 0 Å². The molecule has 2 heterocycles. The van der Waals surface area contributed by atoms with Gasteiger partial charge < -0.3 is 9.52 Å². The maximum absolute atomic E-state index is 11.5. The van der Waals surface area contributed by atoms with E-state index in [1.54, 1.807) is 0 Å². The number of hydrogen-bond acceptors (Lipinski definition) is 4. The van der Waals surface area contributed by atoms with Gasteiger partial charge in [0.15, 0.2) is 0 Å². The van der Waals surface area contributed by atoms with Crippen LogP contribution in [0.25, 0.3) is 0 Å². The summed E-state index contributed by atoms with van der Waals surface area (Å²) in [6, 6.07) is 1.32. The predicted molar refractivity (Wildman–Crippen MR) is 54.5 cm³/mol. The summed E-state index contributed by atoms with van der Waals surface area (Å²) in [5.41, 5.74) is 0.0158. The molecule has 2 rings (SSSR count). The van der Waals surface area contributed by atoms with E-state index < -0.39 is 16.0 Å². The molecule has 0 spiro atoms. The first-order valence-corrected chi connectivity index (χ1v) is 6.39. The summed E-state index contributed by atoms with van der Waals surface area (Å²) in [6.07, 6.45) is 1.83. The van der Waals surface area contributed by atoms with Gasteiger partial charge in [-0.15, -0.1) is 0 Å². The molecule has 1 N–H and O–H groups in total. The van der Waals surface area contributed by atoms with E-state index >= 15 is 0 Å². The van der Waals surface area contributed by atoms with Gasteiger partial charge in [0.1, 0.15) is 11.3 Å². The van der Waals surface area contributed by atoms with Crippen LogP contribution in [-0.4, -0.2) is 36.1 Å². The van der Waals surface area contributed by atoms with Crippen molar-refractivity contribution in [2.45, 2.75) is 13.0 Å². The molecule has 0 amide bonds. The lowest BCUT2D eigenvalue weighted by Crippen LogP contribution is -2.25. The number of carboxylic acids is 1. The molecule has 0 aromatic carbocycles. The van der Waals surface area contributed by atoms with Crippen LogP contribution >= 0.6 is 0 Å². The van der Waals surface area contributed by atoms with Crippen molar-refractivity contribution in [1.82, 2.24) is 4.31 Å². The van der Waals surface area contributed by atoms with Gasteiger partial charge in [-0.2, -0.15) is 4.31 Å². The molecule has 0 aliphatic carbocycles. The zero-order valence-corrected chi connectivity index (χ0v) is 9.24. The molecule has 0 atom stereocenters. The first-order chi connectivity index (χ1) is 7.50. The zero-order valence-electron chi connectivity index (χ0n) is 8.42. The lowest BCUT2D eigenvalue weighted by atomic mass is 10.2. The molecular formula is C9H11NO5S. The van der Waals surface area contributed by atoms with Gasteiger partial charge in [0, 0.05) is 6.54 Å². The molecule has 1 aliphatic heterocycles. The van der Waals surface area contributed by atoms with E-state index in [2.05, 4.69) is 0 Å². The van der Waals surface area contributed by atoms with Crippen LogP contribution in [0.3, 0.4) is 0 Å². The number of aromatic carboxylic acids is 1. The molecule has 0 unspecified atom stereocenters. The highest BCUT2D eigenvalue weighted by molar-refractivity contribution is 7.89. The fourth-order valence-corrected chi connectivity index (χ4v) is 3.16. The van der Waals surface area contributed by atoms with Crippen LogP contribution in [0.1, 0.15) is 22.5 Å². The Hall–Kier alpha value is -1.34. The zero-order chi connectivity index (χ0) is 11.8. The van der Waals surface area contributed by atoms with E-state index in [1.807, 2.05) is 0 Å². The number of rotatable bonds is 3. The van der Waals surface area contributed by atoms with Crippen molar-refractivity contribution in [3.8, 4) is 0 Å². The number of hydrogen-bond donors (Lipinski definition) is 1. The van der Waals surface area contributed by atoms with Gasteiger partial charge in [-0.05, 0) is 12.5 Å². The van der Waals surface area contributed by atoms with E-state index in [9.17, 15) is 13.2 Å². The molecule has 0 bridgehead atoms. The summed E-state index contributed by atoms with van der Waals surface area (Å²) in [5, 5.41) is 8.83. The molecule has 1 fully saturated rings. The fraction of sp³-hybridized carbons (Fsp3) is 0.444. The molecule has 7 heteroatoms. The summed E-state index contributed by atoms with van der Waals surface area (Å²) < 4.78 is 29.3. The third-order valence-corrected chi connectivity index (χ3v) is 4.40. The number of carboxylic acid groups (broad SMARTS) is 1. The van der Waals surface area contributed by atoms with Crippen molar-refractivity contribution in [3.05, 3.63) is 23.7 Å². The Bertz CT molecular complexity index is 504. The summed E-state index contributed by atoms with van der Waals surface area (Å²) in [4.78, 5) is 10.8. The lowest BCUT2D eigenvalue weighted by molar-refractivity contribution is 0.0693. The topological polar surface area (TPSA) is 87.8 Å². The van der Waals surface area contributed by atoms with Gasteiger partial charge >= 0.3 is 5.97 Å². The van der Waals surface area contributed by atoms with Crippen molar-refractivity contribution < 1.29 is 22.7 Å². The molecule has 1 aliphatic rings. The molecule has 88 valence electrons. The van der Waals surface area contributed by atoms with Gasteiger partial charge in [0.05, 0.1) is 18.6 Å². The second kappa shape index (κ2) is 3.91. The van der Waals surface area contributed by atoms with Crippen molar-refractivity contribution >= 4 is 16.0 Å². The average Bonchev–Trinajstić information content (AvgIpc) is 2.74. The highest BCUT2D eigenvalue weighted by Crippen LogP contribution is 2.20. The molecule has 0 saturated carbocycles. The smallest absolute Gasteiger partial charge is 0.339 e. The number of sulfonamides is 1. The highest BCUT2D eigenvalue weighted by atomic mass is 32.2. The van der Waals surface area contributed by atoms with Gasteiger partial charge in [-0.25, -0.2) is 13.2 Å². The summed E-state index contributed by atoms with van der Waals surface area (Å²) >= 11 is 0. The van der Waals surface area contributed by atoms with Gasteiger partial charge in [-0.1, -0.05) is 0 Å². The molecule has 16 heavy (non-hydrogen) atoms. The monoisotopic (exact) mass is 245 g/mol. The highest BCUT2D eigenvalue weighted by Gasteiger charge is 2.30. The molecule has 6 nitrogen and oxygen atoms in total. The minimum Gasteiger partial charge on any atom is -0.478 e. The SMILES string of the molecule is O=C(O)c1ccoc1CN1CCCS1(=O)=O. The van der Waals surface area contributed by atoms with Crippen molar-refractivity contribution in [3.63, 3.8) is 0 Å². The Morgan fingerprint density at radius 1 is 1.56 bits per heavy atom. The number of nitrogens with zero attached hydrogens (tertiary/aromatic N) is 1. The Morgan fingerprint density at radius 2 is 2.31 bits per heavy atom. The van der Waals surface area contributed by atoms with E-state index in [0.717, 1.165) is 0 Å². The first-order valence-electron chi connectivity index (χ1n) is 4.78. The van der Waals surface area contributed by atoms with Crippen molar-refractivity contribution in [2.24, 2.45) is 0 Å². The summed E-state index contributed by atoms with van der Waals surface area (Å²) in [7, 11) is -3.23. The second-order valence-corrected chi connectivity index (χ2v) is 5.65. The Kier molecular flexibility index (Phi) is 2.73. The van der Waals surface area contributed by atoms with E-state index in [1.165, 1.54) is 16.6 Å². The Morgan fingerprint density at radius 3 is 2.88 bits per heavy atom. The van der Waals surface area contributed by atoms with Crippen molar-refractivity contribution in [1.29, 1.82) is 0 Å². The van der Waals surface area contributed by atoms with E-state index in [0.29, 0.717) is 13.0 Å². The van der Waals surface area contributed by atoms with Crippen LogP contribution in [-0.2, 0) is 16.6 Å². The number of furan rings is 1. The normalized spacial score (nSPS) is 20.0. The Balaban J connectivity index is 2.21. The van der Waals surface area contributed by atoms with Crippen LogP contribution in [0.4, 0.5) is 0 Å². The fourth-order valence-electron chi connectivity index (χ4n) is 1.68. The maximum atomic E-state index is 11.5. The third kappa shape index (κ3) is 1.96. The quantitative estimate of drug-likeness (QED) is 0.838. The molecular weight excluding hydrogens is 234 g/mol. The summed E-state index contributed by atoms with van der Waals surface area (Å²) in [5.74, 6) is -0.811. The minimum atomic E-state index is -3.23. The molecule has 1 aromatic rings. The summed E-state index contributed by atoms with van der Waals surface area (Å²) in [6.45, 7) is 0.416. The predicted octanol–water partition coefficient (Wildman–Crippen LogP) is 0.513. The molecule has 1 saturated heterocycles. The third-order valence-electron chi connectivity index (χ3n) is 2.50. The van der Waals surface area contributed by atoms with E-state index in [4.69, 9.17) is 9.52 Å². The standard InChI is InChI=1S/C9H11NO5S/c11-9(12)7-2-4-15-8(7)6-10-3-1-5-16(10,13)14/h2,4H,1,3,5-6H2,(H,11,12). The lowest BCUT2D eigenvalue weighted by Gasteiger charge is -2.12. The van der Waals surface area contributed by atoms with Gasteiger partial charge in [0.25, 0.3) is 0 Å². The van der Waals surface area contributed by atoms with Crippen LogP contribution in [0.2, 0.25) is 0 Å². The second-order valence-electron chi connectivity index (χ2n) is 3.57. The average molecular weight is 245 g/mol. The Labute approximate surface area is 92.5 Å². The van der Waals surface area contributed by atoms with Crippen LogP contribution in [0.15, 0.2) is 16.7 Å². The van der Waals surface area contributed by atoms with Crippen LogP contribution < -0.4 is 0 Å². The first kappa shape index (κ1) is 11.2. The van der Waals surface area contributed by atoms with E-state index in [-0.39, 0.29) is 23.6 Å². The maximum Gasteiger partial charge on any atom is 0.339 e. The van der Waals surface area contributed by atoms with Crippen molar-refractivity contribution in [2.75, 3.05) is 12.3 Å². The van der Waals surface area contributed by atoms with Gasteiger partial charge in [0.2, 0.25) is 10.0 Å².